The van der Waals surface area contributed by atoms with E-state index in [9.17, 15) is 14.4 Å². The van der Waals surface area contributed by atoms with Gasteiger partial charge in [0.15, 0.2) is 0 Å². The van der Waals surface area contributed by atoms with Gasteiger partial charge in [-0.25, -0.2) is 9.59 Å². The van der Waals surface area contributed by atoms with Crippen molar-refractivity contribution in [1.29, 1.82) is 0 Å². The van der Waals surface area contributed by atoms with Gasteiger partial charge in [-0.05, 0) is 6.92 Å². The number of urea groups is 1. The average Bonchev–Trinajstić information content (AvgIpc) is 2.26. The lowest BCUT2D eigenvalue weighted by atomic mass is 10.2. The second-order valence-corrected chi connectivity index (χ2v) is 3.98. The van der Waals surface area contributed by atoms with E-state index in [4.69, 9.17) is 10.2 Å². The Labute approximate surface area is 105 Å². The van der Waals surface area contributed by atoms with Gasteiger partial charge in [-0.1, -0.05) is 0 Å². The van der Waals surface area contributed by atoms with Crippen LogP contribution in [0.25, 0.3) is 0 Å². The highest BCUT2D eigenvalue weighted by Crippen LogP contribution is 1.93. The number of aliphatic hydroxyl groups is 1. The van der Waals surface area contributed by atoms with Crippen LogP contribution in [-0.4, -0.2) is 65.8 Å². The van der Waals surface area contributed by atoms with Gasteiger partial charge < -0.3 is 25.7 Å². The van der Waals surface area contributed by atoms with E-state index in [1.807, 2.05) is 0 Å². The molecule has 0 bridgehead atoms. The van der Waals surface area contributed by atoms with Crippen molar-refractivity contribution in [3.05, 3.63) is 0 Å². The minimum atomic E-state index is -1.24. The van der Waals surface area contributed by atoms with E-state index >= 15 is 0 Å². The molecular formula is C10H19N3O5. The van der Waals surface area contributed by atoms with E-state index in [1.54, 1.807) is 14.1 Å². The smallest absolute Gasteiger partial charge is 0.326 e. The zero-order valence-electron chi connectivity index (χ0n) is 10.6. The maximum atomic E-state index is 11.5. The van der Waals surface area contributed by atoms with Gasteiger partial charge in [-0.15, -0.1) is 0 Å². The van der Waals surface area contributed by atoms with Crippen LogP contribution in [0.4, 0.5) is 4.79 Å². The molecular weight excluding hydrogens is 242 g/mol. The number of aliphatic carboxylic acids is 1. The number of aliphatic hydroxyl groups excluding tert-OH is 1. The van der Waals surface area contributed by atoms with Crippen LogP contribution in [-0.2, 0) is 9.59 Å². The number of hydrogen-bond donors (Lipinski definition) is 4. The molecule has 0 aromatic heterocycles. The molecule has 3 amide bonds. The largest absolute Gasteiger partial charge is 0.480 e. The fourth-order valence-corrected chi connectivity index (χ4v) is 1.23. The molecule has 104 valence electrons. The summed E-state index contributed by atoms with van der Waals surface area (Å²) >= 11 is 0. The first-order valence-electron chi connectivity index (χ1n) is 5.41. The van der Waals surface area contributed by atoms with Gasteiger partial charge >= 0.3 is 12.0 Å². The van der Waals surface area contributed by atoms with Gasteiger partial charge in [-0.2, -0.15) is 0 Å². The summed E-state index contributed by atoms with van der Waals surface area (Å²) in [5.41, 5.74) is 0. The number of nitrogens with zero attached hydrogens (tertiary/aromatic N) is 1. The number of carboxylic acids is 1. The molecule has 0 aromatic rings. The Balaban J connectivity index is 4.32. The third-order valence-corrected chi connectivity index (χ3v) is 2.18. The highest BCUT2D eigenvalue weighted by molar-refractivity contribution is 5.88. The van der Waals surface area contributed by atoms with E-state index in [0.29, 0.717) is 0 Å². The van der Waals surface area contributed by atoms with Crippen LogP contribution in [0, 0.1) is 0 Å². The number of nitrogens with one attached hydrogen (secondary N) is 2. The molecule has 8 nitrogen and oxygen atoms in total. The second kappa shape index (κ2) is 7.49. The van der Waals surface area contributed by atoms with Gasteiger partial charge in [-0.3, -0.25) is 4.79 Å². The summed E-state index contributed by atoms with van der Waals surface area (Å²) in [6.07, 6.45) is -0.0985. The fraction of sp³-hybridized carbons (Fsp3) is 0.700. The van der Waals surface area contributed by atoms with Crippen LogP contribution in [0.5, 0.6) is 0 Å². The normalized spacial score (nSPS) is 13.3. The SMILES string of the molecule is CC(NC(=O)N[C@@H](CCO)C(=O)O)C(=O)N(C)C. The summed E-state index contributed by atoms with van der Waals surface area (Å²) in [6, 6.07) is -2.71. The molecule has 1 unspecified atom stereocenters. The van der Waals surface area contributed by atoms with Crippen LogP contribution >= 0.6 is 0 Å². The molecule has 0 aliphatic rings. The number of amides is 3. The molecule has 18 heavy (non-hydrogen) atoms. The Morgan fingerprint density at radius 3 is 2.17 bits per heavy atom. The van der Waals surface area contributed by atoms with Gasteiger partial charge in [0.2, 0.25) is 5.91 Å². The summed E-state index contributed by atoms with van der Waals surface area (Å²) in [7, 11) is 3.09. The molecule has 0 fully saturated rings. The predicted molar refractivity (Wildman–Crippen MR) is 63.0 cm³/mol. The Kier molecular flexibility index (Phi) is 6.73. The first-order valence-corrected chi connectivity index (χ1v) is 5.41. The molecule has 0 saturated heterocycles. The summed E-state index contributed by atoms with van der Waals surface area (Å²) in [5.74, 6) is -1.55. The standard InChI is InChI=1S/C10H19N3O5/c1-6(8(15)13(2)3)11-10(18)12-7(4-5-14)9(16)17/h6-7,14H,4-5H2,1-3H3,(H,16,17)(H2,11,12,18)/t6?,7-/m0/s1. The second-order valence-electron chi connectivity index (χ2n) is 3.98. The summed E-state index contributed by atoms with van der Waals surface area (Å²) in [4.78, 5) is 34.9. The van der Waals surface area contributed by atoms with Crippen molar-refractivity contribution in [2.45, 2.75) is 25.4 Å². The van der Waals surface area contributed by atoms with Gasteiger partial charge in [0.1, 0.15) is 12.1 Å². The molecule has 0 heterocycles. The maximum Gasteiger partial charge on any atom is 0.326 e. The van der Waals surface area contributed by atoms with E-state index < -0.39 is 24.1 Å². The highest BCUT2D eigenvalue weighted by Gasteiger charge is 2.22. The highest BCUT2D eigenvalue weighted by atomic mass is 16.4. The van der Waals surface area contributed by atoms with Crippen molar-refractivity contribution < 1.29 is 24.6 Å². The third-order valence-electron chi connectivity index (χ3n) is 2.18. The van der Waals surface area contributed by atoms with Crippen LogP contribution in [0.3, 0.4) is 0 Å². The quantitative estimate of drug-likeness (QED) is 0.469. The van der Waals surface area contributed by atoms with Crippen LogP contribution in [0.1, 0.15) is 13.3 Å². The molecule has 0 spiro atoms. The minimum Gasteiger partial charge on any atom is -0.480 e. The van der Waals surface area contributed by atoms with Crippen molar-refractivity contribution in [2.75, 3.05) is 20.7 Å². The first-order chi connectivity index (χ1) is 8.29. The van der Waals surface area contributed by atoms with E-state index in [2.05, 4.69) is 10.6 Å². The van der Waals surface area contributed by atoms with Gasteiger partial charge in [0, 0.05) is 27.1 Å². The average molecular weight is 261 g/mol. The topological polar surface area (TPSA) is 119 Å². The molecule has 2 atom stereocenters. The Morgan fingerprint density at radius 2 is 1.78 bits per heavy atom. The third kappa shape index (κ3) is 5.48. The number of carbonyl (C=O) groups is 3. The van der Waals surface area contributed by atoms with Crippen molar-refractivity contribution in [2.24, 2.45) is 0 Å². The number of likely N-dealkylation sites (N-methyl/N-ethyl adjacent to an activating group) is 1. The fourth-order valence-electron chi connectivity index (χ4n) is 1.23. The zero-order chi connectivity index (χ0) is 14.3. The van der Waals surface area contributed by atoms with Crippen LogP contribution in [0.15, 0.2) is 0 Å². The summed E-state index contributed by atoms with van der Waals surface area (Å²) in [5, 5.41) is 21.9. The lowest BCUT2D eigenvalue weighted by molar-refractivity contribution is -0.139. The monoisotopic (exact) mass is 261 g/mol. The molecule has 0 radical (unpaired) electrons. The number of carboxylic acid groups (broad SMARTS) is 1. The number of rotatable bonds is 6. The maximum absolute atomic E-state index is 11.5. The molecule has 4 N–H and O–H groups in total. The van der Waals surface area contributed by atoms with E-state index in [1.165, 1.54) is 11.8 Å². The van der Waals surface area contributed by atoms with Crippen molar-refractivity contribution >= 4 is 17.9 Å². The molecule has 0 aromatic carbocycles. The molecule has 8 heteroatoms. The van der Waals surface area contributed by atoms with E-state index in [0.717, 1.165) is 0 Å². The van der Waals surface area contributed by atoms with Crippen molar-refractivity contribution in [1.82, 2.24) is 15.5 Å². The Morgan fingerprint density at radius 1 is 1.22 bits per heavy atom. The number of carbonyl (C=O) groups excluding carboxylic acids is 2. The summed E-state index contributed by atoms with van der Waals surface area (Å²) in [6.45, 7) is 1.13. The Hall–Kier alpha value is -1.83. The lowest BCUT2D eigenvalue weighted by Crippen LogP contribution is -2.52. The zero-order valence-corrected chi connectivity index (χ0v) is 10.6. The molecule has 0 aliphatic heterocycles. The first kappa shape index (κ1) is 16.2. The predicted octanol–water partition coefficient (Wildman–Crippen LogP) is -1.40. The molecule has 0 rings (SSSR count). The van der Waals surface area contributed by atoms with Crippen LogP contribution in [0.2, 0.25) is 0 Å². The summed E-state index contributed by atoms with van der Waals surface area (Å²) < 4.78 is 0. The van der Waals surface area contributed by atoms with E-state index in [-0.39, 0.29) is 18.9 Å². The Bertz CT molecular complexity index is 319. The molecule has 0 saturated carbocycles. The van der Waals surface area contributed by atoms with Gasteiger partial charge in [0.05, 0.1) is 0 Å². The number of hydrogen-bond acceptors (Lipinski definition) is 4. The van der Waals surface area contributed by atoms with Crippen molar-refractivity contribution in [3.8, 4) is 0 Å². The lowest BCUT2D eigenvalue weighted by Gasteiger charge is -2.20. The van der Waals surface area contributed by atoms with Gasteiger partial charge in [0.25, 0.3) is 0 Å². The molecule has 0 aliphatic carbocycles. The minimum absolute atomic E-state index is 0.0985. The van der Waals surface area contributed by atoms with Crippen LogP contribution < -0.4 is 10.6 Å². The van der Waals surface area contributed by atoms with Crippen molar-refractivity contribution in [3.63, 3.8) is 0 Å².